The summed E-state index contributed by atoms with van der Waals surface area (Å²) in [5.41, 5.74) is 6.65. The minimum Gasteiger partial charge on any atom is -0.491 e. The number of nitrogens with zero attached hydrogens (tertiary/aromatic N) is 2. The number of benzene rings is 1. The normalized spacial score (nSPS) is 18.4. The van der Waals surface area contributed by atoms with Gasteiger partial charge in [0.15, 0.2) is 0 Å². The molecule has 2 atom stereocenters. The number of rotatable bonds is 7. The van der Waals surface area contributed by atoms with Gasteiger partial charge in [-0.05, 0) is 51.5 Å². The van der Waals surface area contributed by atoms with Crippen molar-refractivity contribution < 1.29 is 19.1 Å². The third-order valence-electron chi connectivity index (χ3n) is 4.65. The molecule has 1 amide bonds. The van der Waals surface area contributed by atoms with Crippen LogP contribution in [0.4, 0.5) is 0 Å². The van der Waals surface area contributed by atoms with Gasteiger partial charge in [0.25, 0.3) is 0 Å². The molecular weight excluding hydrogens is 398 g/mol. The molecule has 1 aliphatic heterocycles. The highest BCUT2D eigenvalue weighted by Crippen LogP contribution is 2.24. The first-order chi connectivity index (χ1) is 14.6. The van der Waals surface area contributed by atoms with Crippen molar-refractivity contribution in [2.75, 3.05) is 6.61 Å². The highest BCUT2D eigenvalue weighted by Gasteiger charge is 2.35. The Morgan fingerprint density at radius 2 is 1.94 bits per heavy atom. The summed E-state index contributed by atoms with van der Waals surface area (Å²) in [6.07, 6.45) is 3.61. The van der Waals surface area contributed by atoms with Gasteiger partial charge in [0.1, 0.15) is 29.5 Å². The molecule has 9 heteroatoms. The Morgan fingerprint density at radius 1 is 1.23 bits per heavy atom. The number of aromatic nitrogens is 2. The predicted octanol–water partition coefficient (Wildman–Crippen LogP) is 2.04. The van der Waals surface area contributed by atoms with E-state index < -0.39 is 11.5 Å². The lowest BCUT2D eigenvalue weighted by molar-refractivity contribution is -0.156. The van der Waals surface area contributed by atoms with Crippen LogP contribution in [0.1, 0.15) is 39.3 Å². The zero-order valence-corrected chi connectivity index (χ0v) is 17.8. The maximum Gasteiger partial charge on any atom is 0.307 e. The fraction of sp³-hybridized carbons (Fsp3) is 0.409. The Balaban J connectivity index is 1.51. The zero-order valence-electron chi connectivity index (χ0n) is 17.8. The summed E-state index contributed by atoms with van der Waals surface area (Å²) in [5, 5.41) is 10.2. The molecule has 31 heavy (non-hydrogen) atoms. The Hall–Kier alpha value is -3.49. The largest absolute Gasteiger partial charge is 0.491 e. The monoisotopic (exact) mass is 425 g/mol. The number of carbonyl (C=O) groups excluding carboxylic acids is 2. The molecule has 0 aliphatic carbocycles. The summed E-state index contributed by atoms with van der Waals surface area (Å²) >= 11 is 0. The number of esters is 1. The molecule has 4 N–H and O–H groups in total. The number of nitrogens with one attached hydrogen (secondary N) is 2. The van der Waals surface area contributed by atoms with Crippen LogP contribution < -0.4 is 15.8 Å². The number of nitrogen functional groups attached to an aromatic ring is 1. The number of nitrogens with two attached hydrogens (primary N) is 1. The van der Waals surface area contributed by atoms with E-state index in [2.05, 4.69) is 15.3 Å². The number of carbonyl (C=O) groups is 2. The zero-order chi connectivity index (χ0) is 22.6. The van der Waals surface area contributed by atoms with Gasteiger partial charge >= 0.3 is 5.97 Å². The van der Waals surface area contributed by atoms with Crippen LogP contribution in [0.15, 0.2) is 36.7 Å². The third-order valence-corrected chi connectivity index (χ3v) is 4.65. The minimum absolute atomic E-state index is 0.0672. The van der Waals surface area contributed by atoms with Crippen LogP contribution in [0, 0.1) is 11.3 Å². The van der Waals surface area contributed by atoms with Crippen LogP contribution in [0.3, 0.4) is 0 Å². The molecule has 0 spiro atoms. The molecule has 1 fully saturated rings. The van der Waals surface area contributed by atoms with Crippen molar-refractivity contribution >= 4 is 17.7 Å². The topological polar surface area (TPSA) is 140 Å². The first-order valence-corrected chi connectivity index (χ1v) is 10.0. The van der Waals surface area contributed by atoms with Gasteiger partial charge in [-0.3, -0.25) is 20.0 Å². The fourth-order valence-corrected chi connectivity index (χ4v) is 3.23. The molecule has 164 valence electrons. The minimum atomic E-state index is -0.568. The number of hydrogen-bond acceptors (Lipinski definition) is 7. The van der Waals surface area contributed by atoms with E-state index in [1.807, 2.05) is 24.3 Å². The van der Waals surface area contributed by atoms with E-state index >= 15 is 0 Å². The van der Waals surface area contributed by atoms with Crippen molar-refractivity contribution in [2.24, 2.45) is 11.7 Å². The molecule has 1 aromatic heterocycles. The fourth-order valence-electron chi connectivity index (χ4n) is 3.23. The van der Waals surface area contributed by atoms with Crippen LogP contribution in [-0.2, 0) is 14.3 Å². The maximum atomic E-state index is 12.2. The van der Waals surface area contributed by atoms with Gasteiger partial charge in [-0.15, -0.1) is 0 Å². The molecule has 0 unspecified atom stereocenters. The van der Waals surface area contributed by atoms with Crippen molar-refractivity contribution in [3.8, 4) is 17.0 Å². The van der Waals surface area contributed by atoms with Gasteiger partial charge in [0, 0.05) is 5.56 Å². The smallest absolute Gasteiger partial charge is 0.307 e. The predicted molar refractivity (Wildman–Crippen MR) is 114 cm³/mol. The summed E-state index contributed by atoms with van der Waals surface area (Å²) in [4.78, 5) is 32.5. The molecule has 0 bridgehead atoms. The molecule has 0 saturated carbocycles. The van der Waals surface area contributed by atoms with Crippen molar-refractivity contribution in [3.63, 3.8) is 0 Å². The summed E-state index contributed by atoms with van der Waals surface area (Å²) in [5.74, 6) is -0.397. The summed E-state index contributed by atoms with van der Waals surface area (Å²) in [7, 11) is 0. The molecule has 2 heterocycles. The standard InChI is InChI=1S/C22H27N5O4/c1-22(2,3)31-19(28)9-14-8-15(27-21(14)29)12-30-16-6-4-13(5-7-16)17-10-26-18(11-25-17)20(23)24/h4-7,10-11,14-15H,8-9,12H2,1-3H3,(H3,23,24)(H,27,29)/t14-,15-/m0/s1. The van der Waals surface area contributed by atoms with Gasteiger partial charge in [-0.25, -0.2) is 4.98 Å². The Bertz CT molecular complexity index is 951. The molecule has 1 aromatic carbocycles. The molecule has 0 radical (unpaired) electrons. The van der Waals surface area contributed by atoms with Gasteiger partial charge in [0.2, 0.25) is 5.91 Å². The molecule has 1 aliphatic rings. The van der Waals surface area contributed by atoms with E-state index in [0.29, 0.717) is 30.2 Å². The second kappa shape index (κ2) is 9.11. The molecule has 9 nitrogen and oxygen atoms in total. The second-order valence-electron chi connectivity index (χ2n) is 8.46. The summed E-state index contributed by atoms with van der Waals surface area (Å²) < 4.78 is 11.1. The lowest BCUT2D eigenvalue weighted by Crippen LogP contribution is -2.31. The lowest BCUT2D eigenvalue weighted by Gasteiger charge is -2.20. The van der Waals surface area contributed by atoms with Gasteiger partial charge < -0.3 is 20.5 Å². The summed E-state index contributed by atoms with van der Waals surface area (Å²) in [6.45, 7) is 5.71. The van der Waals surface area contributed by atoms with E-state index in [1.54, 1.807) is 27.0 Å². The van der Waals surface area contributed by atoms with Crippen molar-refractivity contribution in [1.82, 2.24) is 15.3 Å². The quantitative estimate of drug-likeness (QED) is 0.350. The van der Waals surface area contributed by atoms with E-state index in [9.17, 15) is 9.59 Å². The number of ether oxygens (including phenoxy) is 2. The first-order valence-electron chi connectivity index (χ1n) is 10.0. The van der Waals surface area contributed by atoms with Crippen molar-refractivity contribution in [2.45, 2.75) is 45.3 Å². The Morgan fingerprint density at radius 3 is 2.52 bits per heavy atom. The first kappa shape index (κ1) is 22.2. The molecule has 2 aromatic rings. The number of amides is 1. The SMILES string of the molecule is CC(C)(C)OC(=O)C[C@@H]1C[C@@H](COc2ccc(-c3cnc(C(=N)N)cn3)cc2)NC1=O. The molecule has 1 saturated heterocycles. The highest BCUT2D eigenvalue weighted by atomic mass is 16.6. The van der Waals surface area contributed by atoms with Crippen molar-refractivity contribution in [3.05, 3.63) is 42.4 Å². The van der Waals surface area contributed by atoms with Crippen LogP contribution in [0.5, 0.6) is 5.75 Å². The second-order valence-corrected chi connectivity index (χ2v) is 8.46. The van der Waals surface area contributed by atoms with Crippen LogP contribution >= 0.6 is 0 Å². The number of amidine groups is 1. The van der Waals surface area contributed by atoms with E-state index in [-0.39, 0.29) is 30.2 Å². The maximum absolute atomic E-state index is 12.2. The molecular formula is C22H27N5O4. The van der Waals surface area contributed by atoms with Crippen LogP contribution in [0.25, 0.3) is 11.3 Å². The third kappa shape index (κ3) is 6.24. The van der Waals surface area contributed by atoms with Gasteiger partial charge in [-0.1, -0.05) is 0 Å². The van der Waals surface area contributed by atoms with E-state index in [0.717, 1.165) is 5.56 Å². The van der Waals surface area contributed by atoms with Gasteiger partial charge in [-0.2, -0.15) is 0 Å². The molecule has 3 rings (SSSR count). The Labute approximate surface area is 180 Å². The average Bonchev–Trinajstić information content (AvgIpc) is 3.04. The van der Waals surface area contributed by atoms with E-state index in [4.69, 9.17) is 20.6 Å². The highest BCUT2D eigenvalue weighted by molar-refractivity contribution is 5.92. The average molecular weight is 425 g/mol. The van der Waals surface area contributed by atoms with Gasteiger partial charge in [0.05, 0.1) is 36.5 Å². The van der Waals surface area contributed by atoms with Crippen molar-refractivity contribution in [1.29, 1.82) is 5.41 Å². The van der Waals surface area contributed by atoms with E-state index in [1.165, 1.54) is 6.20 Å². The van der Waals surface area contributed by atoms with Crippen LogP contribution in [-0.4, -0.2) is 45.9 Å². The summed E-state index contributed by atoms with van der Waals surface area (Å²) in [6, 6.07) is 7.16. The lowest BCUT2D eigenvalue weighted by atomic mass is 10.0. The Kier molecular flexibility index (Phi) is 6.53. The van der Waals surface area contributed by atoms with Crippen LogP contribution in [0.2, 0.25) is 0 Å². The number of hydrogen-bond donors (Lipinski definition) is 3.